The first-order valence-electron chi connectivity index (χ1n) is 11.6. The summed E-state index contributed by atoms with van der Waals surface area (Å²) in [5, 5.41) is 35.8. The van der Waals surface area contributed by atoms with Crippen molar-refractivity contribution in [1.29, 1.82) is 0 Å². The zero-order valence-electron chi connectivity index (χ0n) is 20.7. The molecule has 35 heavy (non-hydrogen) atoms. The molecule has 0 fully saturated rings. The summed E-state index contributed by atoms with van der Waals surface area (Å²) in [5.41, 5.74) is 6.61. The highest BCUT2D eigenvalue weighted by Gasteiger charge is 2.30. The smallest absolute Gasteiger partial charge is 0.326 e. The maximum atomic E-state index is 12.8. The van der Waals surface area contributed by atoms with E-state index in [1.165, 1.54) is 12.1 Å². The van der Waals surface area contributed by atoms with Crippen LogP contribution in [-0.2, 0) is 25.6 Å². The Bertz CT molecular complexity index is 858. The van der Waals surface area contributed by atoms with Crippen molar-refractivity contribution in [1.82, 2.24) is 16.0 Å². The molecule has 0 spiro atoms. The second-order valence-electron chi connectivity index (χ2n) is 9.44. The van der Waals surface area contributed by atoms with Crippen LogP contribution in [0.3, 0.4) is 0 Å². The van der Waals surface area contributed by atoms with Gasteiger partial charge in [-0.3, -0.25) is 14.4 Å². The van der Waals surface area contributed by atoms with Crippen LogP contribution < -0.4 is 21.7 Å². The van der Waals surface area contributed by atoms with Crippen molar-refractivity contribution >= 4 is 23.7 Å². The van der Waals surface area contributed by atoms with Gasteiger partial charge in [0, 0.05) is 0 Å². The van der Waals surface area contributed by atoms with Gasteiger partial charge in [0.15, 0.2) is 0 Å². The number of rotatable bonds is 14. The number of carbonyl (C=O) groups is 4. The molecule has 3 amide bonds. The lowest BCUT2D eigenvalue weighted by Crippen LogP contribution is -2.58. The van der Waals surface area contributed by atoms with Crippen LogP contribution in [0.1, 0.15) is 46.1 Å². The second-order valence-corrected chi connectivity index (χ2v) is 9.44. The summed E-state index contributed by atoms with van der Waals surface area (Å²) < 4.78 is 0. The monoisotopic (exact) mass is 494 g/mol. The van der Waals surface area contributed by atoms with Crippen molar-refractivity contribution in [2.24, 2.45) is 17.6 Å². The molecule has 1 aromatic carbocycles. The Hall–Kier alpha value is -3.18. The lowest BCUT2D eigenvalue weighted by atomic mass is 10.00. The quantitative estimate of drug-likeness (QED) is 0.186. The number of hydrogen-bond acceptors (Lipinski definition) is 7. The topological polar surface area (TPSA) is 191 Å². The lowest BCUT2D eigenvalue weighted by molar-refractivity contribution is -0.143. The first-order valence-corrected chi connectivity index (χ1v) is 11.6. The fourth-order valence-corrected chi connectivity index (χ4v) is 3.39. The predicted octanol–water partition coefficient (Wildman–Crippen LogP) is -0.114. The molecule has 0 aliphatic carbocycles. The molecule has 1 rings (SSSR count). The molecule has 4 atom stereocenters. The summed E-state index contributed by atoms with van der Waals surface area (Å²) >= 11 is 0. The first kappa shape index (κ1) is 29.9. The van der Waals surface area contributed by atoms with Crippen LogP contribution >= 0.6 is 0 Å². The largest absolute Gasteiger partial charge is 0.508 e. The maximum absolute atomic E-state index is 12.8. The van der Waals surface area contributed by atoms with Crippen LogP contribution in [0, 0.1) is 11.8 Å². The van der Waals surface area contributed by atoms with Crippen LogP contribution in [0.15, 0.2) is 24.3 Å². The minimum Gasteiger partial charge on any atom is -0.508 e. The Kier molecular flexibility index (Phi) is 12.2. The van der Waals surface area contributed by atoms with E-state index in [2.05, 4.69) is 16.0 Å². The number of aliphatic hydroxyl groups is 1. The molecule has 0 saturated heterocycles. The van der Waals surface area contributed by atoms with Gasteiger partial charge in [0.05, 0.1) is 12.6 Å². The number of amides is 3. The fourth-order valence-electron chi connectivity index (χ4n) is 3.39. The average Bonchev–Trinajstić information content (AvgIpc) is 2.76. The van der Waals surface area contributed by atoms with E-state index in [1.54, 1.807) is 12.1 Å². The van der Waals surface area contributed by atoms with Crippen LogP contribution in [0.4, 0.5) is 0 Å². The Morgan fingerprint density at radius 1 is 0.800 bits per heavy atom. The minimum absolute atomic E-state index is 0.0136. The summed E-state index contributed by atoms with van der Waals surface area (Å²) in [5.74, 6) is -3.23. The first-order chi connectivity index (χ1) is 16.3. The van der Waals surface area contributed by atoms with Crippen molar-refractivity contribution in [3.05, 3.63) is 29.8 Å². The van der Waals surface area contributed by atoms with Gasteiger partial charge in [0.2, 0.25) is 17.7 Å². The van der Waals surface area contributed by atoms with Crippen molar-refractivity contribution in [3.63, 3.8) is 0 Å². The highest BCUT2D eigenvalue weighted by molar-refractivity contribution is 5.94. The Labute approximate surface area is 205 Å². The van der Waals surface area contributed by atoms with E-state index in [4.69, 9.17) is 5.73 Å². The van der Waals surface area contributed by atoms with Gasteiger partial charge in [-0.05, 0) is 48.8 Å². The maximum Gasteiger partial charge on any atom is 0.326 e. The Morgan fingerprint density at radius 3 is 1.74 bits per heavy atom. The summed E-state index contributed by atoms with van der Waals surface area (Å²) in [6.07, 6.45) is 0.576. The van der Waals surface area contributed by atoms with Crippen LogP contribution in [-0.4, -0.2) is 69.8 Å². The van der Waals surface area contributed by atoms with E-state index < -0.39 is 54.5 Å². The molecule has 0 saturated carbocycles. The fraction of sp³-hybridized carbons (Fsp3) is 0.583. The van der Waals surface area contributed by atoms with Gasteiger partial charge in [-0.1, -0.05) is 39.8 Å². The SMILES string of the molecule is CC(C)CC(NC(=O)C(CC(C)C)NC(=O)C(CO)NC(=O)C(N)Cc1ccc(O)cc1)C(=O)O. The molecule has 0 bridgehead atoms. The van der Waals surface area contributed by atoms with E-state index in [-0.39, 0.29) is 36.8 Å². The molecule has 0 radical (unpaired) electrons. The number of nitrogens with two attached hydrogens (primary N) is 1. The van der Waals surface area contributed by atoms with E-state index >= 15 is 0 Å². The van der Waals surface area contributed by atoms with Gasteiger partial charge in [-0.25, -0.2) is 4.79 Å². The number of carboxylic acids is 1. The molecule has 196 valence electrons. The van der Waals surface area contributed by atoms with Crippen LogP contribution in [0.5, 0.6) is 5.75 Å². The normalized spacial score (nSPS) is 14.6. The molecular formula is C24H38N4O7. The average molecular weight is 495 g/mol. The summed E-state index contributed by atoms with van der Waals surface area (Å²) in [6.45, 7) is 6.60. The second kappa shape index (κ2) is 14.3. The van der Waals surface area contributed by atoms with Gasteiger partial charge in [-0.15, -0.1) is 0 Å². The number of carboxylic acid groups (broad SMARTS) is 1. The molecule has 0 heterocycles. The number of phenols is 1. The number of phenolic OH excluding ortho intramolecular Hbond substituents is 1. The Balaban J connectivity index is 2.83. The zero-order chi connectivity index (χ0) is 26.7. The van der Waals surface area contributed by atoms with Crippen molar-refractivity contribution in [2.45, 2.75) is 71.1 Å². The van der Waals surface area contributed by atoms with Crippen LogP contribution in [0.25, 0.3) is 0 Å². The molecule has 11 heteroatoms. The minimum atomic E-state index is -1.36. The standard InChI is InChI=1S/C24H38N4O7/c1-13(2)9-18(22(32)27-19(24(34)35)10-14(3)4)26-23(33)20(12-29)28-21(31)17(25)11-15-5-7-16(30)8-6-15/h5-8,13-14,17-20,29-30H,9-12,25H2,1-4H3,(H,26,33)(H,27,32)(H,28,31)(H,34,35). The zero-order valence-corrected chi connectivity index (χ0v) is 20.7. The van der Waals surface area contributed by atoms with Gasteiger partial charge in [0.25, 0.3) is 0 Å². The van der Waals surface area contributed by atoms with Gasteiger partial charge >= 0.3 is 5.97 Å². The number of hydrogen-bond donors (Lipinski definition) is 7. The van der Waals surface area contributed by atoms with E-state index in [0.29, 0.717) is 5.56 Å². The number of aromatic hydroxyl groups is 1. The summed E-state index contributed by atoms with van der Waals surface area (Å²) in [7, 11) is 0. The third-order valence-electron chi connectivity index (χ3n) is 5.21. The van der Waals surface area contributed by atoms with Crippen molar-refractivity contribution < 1.29 is 34.5 Å². The highest BCUT2D eigenvalue weighted by Crippen LogP contribution is 2.11. The van der Waals surface area contributed by atoms with E-state index in [0.717, 1.165) is 0 Å². The Morgan fingerprint density at radius 2 is 1.26 bits per heavy atom. The van der Waals surface area contributed by atoms with Gasteiger partial charge in [0.1, 0.15) is 23.9 Å². The van der Waals surface area contributed by atoms with Gasteiger partial charge in [-0.2, -0.15) is 0 Å². The number of nitrogens with one attached hydrogen (secondary N) is 3. The molecule has 8 N–H and O–H groups in total. The number of benzene rings is 1. The van der Waals surface area contributed by atoms with Crippen molar-refractivity contribution in [3.8, 4) is 5.75 Å². The molecular weight excluding hydrogens is 456 g/mol. The molecule has 4 unspecified atom stereocenters. The van der Waals surface area contributed by atoms with Crippen LogP contribution in [0.2, 0.25) is 0 Å². The summed E-state index contributed by atoms with van der Waals surface area (Å²) in [4.78, 5) is 49.6. The molecule has 0 aliphatic rings. The third-order valence-corrected chi connectivity index (χ3v) is 5.21. The third kappa shape index (κ3) is 10.7. The lowest BCUT2D eigenvalue weighted by Gasteiger charge is -2.25. The number of carbonyl (C=O) groups excluding carboxylic acids is 3. The number of aliphatic hydroxyl groups excluding tert-OH is 1. The predicted molar refractivity (Wildman–Crippen MR) is 129 cm³/mol. The van der Waals surface area contributed by atoms with Gasteiger partial charge < -0.3 is 37.0 Å². The van der Waals surface area contributed by atoms with Crippen molar-refractivity contribution in [2.75, 3.05) is 6.61 Å². The summed E-state index contributed by atoms with van der Waals surface area (Å²) in [6, 6.07) is 1.58. The number of aliphatic carboxylic acids is 1. The van der Waals surface area contributed by atoms with E-state index in [1.807, 2.05) is 27.7 Å². The highest BCUT2D eigenvalue weighted by atomic mass is 16.4. The molecule has 0 aliphatic heterocycles. The molecule has 1 aromatic rings. The van der Waals surface area contributed by atoms with E-state index in [9.17, 15) is 34.5 Å². The molecule has 0 aromatic heterocycles. The molecule has 11 nitrogen and oxygen atoms in total.